The molecule has 1 aromatic heterocycles. The van der Waals surface area contributed by atoms with Crippen molar-refractivity contribution in [2.45, 2.75) is 38.5 Å². The van der Waals surface area contributed by atoms with Crippen molar-refractivity contribution in [1.82, 2.24) is 14.7 Å². The van der Waals surface area contributed by atoms with Crippen molar-refractivity contribution < 1.29 is 14.6 Å². The number of nitrogens with zero attached hydrogens (tertiary/aromatic N) is 3. The average Bonchev–Trinajstić information content (AvgIpc) is 3.54. The first kappa shape index (κ1) is 25.5. The molecule has 2 atom stereocenters. The number of hydrogen-bond donors (Lipinski definition) is 1. The van der Waals surface area contributed by atoms with Gasteiger partial charge in [-0.05, 0) is 49.6 Å². The molecular formula is C30H32ClN3O3. The summed E-state index contributed by atoms with van der Waals surface area (Å²) in [5, 5.41) is 16.5. The number of benzene rings is 3. The lowest BCUT2D eigenvalue weighted by Crippen LogP contribution is -2.35. The molecule has 0 amide bonds. The van der Waals surface area contributed by atoms with Gasteiger partial charge >= 0.3 is 0 Å². The van der Waals surface area contributed by atoms with Crippen LogP contribution in [0.2, 0.25) is 5.02 Å². The molecule has 5 rings (SSSR count). The van der Waals surface area contributed by atoms with Crippen LogP contribution in [0.3, 0.4) is 0 Å². The number of aliphatic hydroxyl groups excluding tert-OH is 1. The lowest BCUT2D eigenvalue weighted by atomic mass is 10.1. The fourth-order valence-electron chi connectivity index (χ4n) is 4.73. The summed E-state index contributed by atoms with van der Waals surface area (Å²) in [6, 6.07) is 27.1. The van der Waals surface area contributed by atoms with Crippen molar-refractivity contribution >= 4 is 11.6 Å². The van der Waals surface area contributed by atoms with E-state index in [-0.39, 0.29) is 6.10 Å². The van der Waals surface area contributed by atoms with E-state index >= 15 is 0 Å². The smallest absolute Gasteiger partial charge is 0.227 e. The van der Waals surface area contributed by atoms with E-state index in [2.05, 4.69) is 4.90 Å². The normalized spacial score (nSPS) is 16.3. The molecule has 0 aliphatic carbocycles. The maximum Gasteiger partial charge on any atom is 0.227 e. The summed E-state index contributed by atoms with van der Waals surface area (Å²) >= 11 is 6.47. The van der Waals surface area contributed by atoms with E-state index in [4.69, 9.17) is 26.2 Å². The van der Waals surface area contributed by atoms with Crippen LogP contribution in [0.25, 0.3) is 5.69 Å². The predicted octanol–water partition coefficient (Wildman–Crippen LogP) is 6.34. The third kappa shape index (κ3) is 6.22. The van der Waals surface area contributed by atoms with Crippen LogP contribution in [0.4, 0.5) is 0 Å². The molecule has 1 fully saturated rings. The van der Waals surface area contributed by atoms with Gasteiger partial charge in [0, 0.05) is 26.2 Å². The Kier molecular flexibility index (Phi) is 8.21. The van der Waals surface area contributed by atoms with Gasteiger partial charge in [0.15, 0.2) is 0 Å². The molecule has 37 heavy (non-hydrogen) atoms. The number of para-hydroxylation sites is 2. The molecule has 1 aliphatic heterocycles. The first-order chi connectivity index (χ1) is 18.1. The topological polar surface area (TPSA) is 59.8 Å². The van der Waals surface area contributed by atoms with Crippen molar-refractivity contribution in [2.75, 3.05) is 19.7 Å². The number of ether oxygens (including phenoxy) is 2. The third-order valence-electron chi connectivity index (χ3n) is 6.66. The van der Waals surface area contributed by atoms with Crippen molar-refractivity contribution in [3.63, 3.8) is 0 Å². The van der Waals surface area contributed by atoms with Gasteiger partial charge in [-0.25, -0.2) is 4.68 Å². The van der Waals surface area contributed by atoms with E-state index < -0.39 is 6.10 Å². The van der Waals surface area contributed by atoms with Gasteiger partial charge in [-0.2, -0.15) is 5.10 Å². The zero-order valence-electron chi connectivity index (χ0n) is 21.0. The molecule has 0 bridgehead atoms. The van der Waals surface area contributed by atoms with Crippen molar-refractivity contribution in [1.29, 1.82) is 0 Å². The minimum atomic E-state index is -0.625. The zero-order chi connectivity index (χ0) is 25.6. The lowest BCUT2D eigenvalue weighted by Gasteiger charge is -2.28. The van der Waals surface area contributed by atoms with E-state index in [0.29, 0.717) is 36.3 Å². The summed E-state index contributed by atoms with van der Waals surface area (Å²) < 4.78 is 14.2. The molecule has 0 saturated carbocycles. The first-order valence-electron chi connectivity index (χ1n) is 12.7. The molecule has 2 heterocycles. The maximum atomic E-state index is 11.1. The largest absolute Gasteiger partial charge is 0.437 e. The fourth-order valence-corrected chi connectivity index (χ4v) is 4.90. The van der Waals surface area contributed by atoms with Gasteiger partial charge in [0.2, 0.25) is 5.88 Å². The summed E-state index contributed by atoms with van der Waals surface area (Å²) in [5.41, 5.74) is 3.59. The van der Waals surface area contributed by atoms with Gasteiger partial charge in [0.05, 0.1) is 34.2 Å². The number of aliphatic hydroxyl groups is 1. The van der Waals surface area contributed by atoms with Crippen LogP contribution in [0, 0.1) is 6.92 Å². The highest BCUT2D eigenvalue weighted by atomic mass is 35.5. The molecule has 2 unspecified atom stereocenters. The van der Waals surface area contributed by atoms with Gasteiger partial charge in [0.1, 0.15) is 5.75 Å². The Balaban J connectivity index is 1.50. The summed E-state index contributed by atoms with van der Waals surface area (Å²) in [6.07, 6.45) is 1.59. The number of rotatable bonds is 10. The Bertz CT molecular complexity index is 1290. The van der Waals surface area contributed by atoms with Gasteiger partial charge < -0.3 is 14.6 Å². The lowest BCUT2D eigenvalue weighted by molar-refractivity contribution is 0.0457. The van der Waals surface area contributed by atoms with Gasteiger partial charge in [-0.1, -0.05) is 72.3 Å². The Morgan fingerprint density at radius 3 is 2.46 bits per heavy atom. The SMILES string of the molecule is Cc1nn(-c2ccccc2)c(Oc2ccccc2Cl)c1CN(CC1CCCO1)CC(O)c1ccccc1. The van der Waals surface area contributed by atoms with Crippen LogP contribution < -0.4 is 4.74 Å². The molecule has 192 valence electrons. The molecule has 1 aliphatic rings. The van der Waals surface area contributed by atoms with Crippen LogP contribution in [0.1, 0.15) is 35.8 Å². The zero-order valence-corrected chi connectivity index (χ0v) is 21.7. The van der Waals surface area contributed by atoms with Crippen LogP contribution >= 0.6 is 11.6 Å². The van der Waals surface area contributed by atoms with E-state index in [9.17, 15) is 5.11 Å². The van der Waals surface area contributed by atoms with E-state index in [0.717, 1.165) is 42.0 Å². The Morgan fingerprint density at radius 1 is 1.05 bits per heavy atom. The maximum absolute atomic E-state index is 11.1. The van der Waals surface area contributed by atoms with Crippen molar-refractivity contribution in [2.24, 2.45) is 0 Å². The number of aromatic nitrogens is 2. The molecule has 0 radical (unpaired) electrons. The van der Waals surface area contributed by atoms with E-state index in [1.54, 1.807) is 0 Å². The second-order valence-corrected chi connectivity index (χ2v) is 9.81. The monoisotopic (exact) mass is 517 g/mol. The quantitative estimate of drug-likeness (QED) is 0.266. The average molecular weight is 518 g/mol. The second-order valence-electron chi connectivity index (χ2n) is 9.40. The van der Waals surface area contributed by atoms with Crippen molar-refractivity contribution in [3.8, 4) is 17.3 Å². The molecule has 1 N–H and O–H groups in total. The molecule has 4 aromatic rings. The molecule has 7 heteroatoms. The van der Waals surface area contributed by atoms with Crippen LogP contribution in [0.5, 0.6) is 11.6 Å². The van der Waals surface area contributed by atoms with Crippen LogP contribution in [0.15, 0.2) is 84.9 Å². The highest BCUT2D eigenvalue weighted by Crippen LogP contribution is 2.35. The van der Waals surface area contributed by atoms with Crippen LogP contribution in [-0.4, -0.2) is 45.6 Å². The highest BCUT2D eigenvalue weighted by Gasteiger charge is 2.26. The molecule has 6 nitrogen and oxygen atoms in total. The van der Waals surface area contributed by atoms with Crippen LogP contribution in [-0.2, 0) is 11.3 Å². The molecule has 1 saturated heterocycles. The predicted molar refractivity (Wildman–Crippen MR) is 145 cm³/mol. The van der Waals surface area contributed by atoms with E-state index in [1.165, 1.54) is 0 Å². The summed E-state index contributed by atoms with van der Waals surface area (Å²) in [4.78, 5) is 2.24. The molecule has 0 spiro atoms. The Morgan fingerprint density at radius 2 is 1.76 bits per heavy atom. The minimum Gasteiger partial charge on any atom is -0.437 e. The first-order valence-corrected chi connectivity index (χ1v) is 13.1. The second kappa shape index (κ2) is 11.9. The molecular weight excluding hydrogens is 486 g/mol. The van der Waals surface area contributed by atoms with Gasteiger partial charge in [-0.3, -0.25) is 4.90 Å². The highest BCUT2D eigenvalue weighted by molar-refractivity contribution is 6.32. The summed E-state index contributed by atoms with van der Waals surface area (Å²) in [5.74, 6) is 1.18. The Labute approximate surface area is 223 Å². The fraction of sp³-hybridized carbons (Fsp3) is 0.300. The minimum absolute atomic E-state index is 0.139. The third-order valence-corrected chi connectivity index (χ3v) is 6.98. The molecule has 3 aromatic carbocycles. The number of halogens is 1. The number of hydrogen-bond acceptors (Lipinski definition) is 5. The van der Waals surface area contributed by atoms with Crippen molar-refractivity contribution in [3.05, 3.63) is 107 Å². The number of aryl methyl sites for hydroxylation is 1. The van der Waals surface area contributed by atoms with Gasteiger partial charge in [0.25, 0.3) is 0 Å². The summed E-state index contributed by atoms with van der Waals surface area (Å²) in [6.45, 7) is 4.50. The van der Waals surface area contributed by atoms with Gasteiger partial charge in [-0.15, -0.1) is 0 Å². The summed E-state index contributed by atoms with van der Waals surface area (Å²) in [7, 11) is 0. The van der Waals surface area contributed by atoms with E-state index in [1.807, 2.05) is 96.5 Å². The Hall–Kier alpha value is -3.16. The standard InChI is InChI=1S/C30H32ClN3O3/c1-22-26(20-33(19-25-15-10-18-36-25)21-28(35)23-11-4-2-5-12-23)30(37-29-17-9-8-16-27(29)31)34(32-22)24-13-6-3-7-14-24/h2-9,11-14,16-17,25,28,35H,10,15,18-21H2,1H3.